The molecule has 2 heterocycles. The highest BCUT2D eigenvalue weighted by atomic mass is 16.5. The number of carbonyl (C=O) groups excluding carboxylic acids is 1. The van der Waals surface area contributed by atoms with Crippen LogP contribution in [0.3, 0.4) is 0 Å². The first kappa shape index (κ1) is 18.7. The van der Waals surface area contributed by atoms with Crippen LogP contribution in [0.2, 0.25) is 0 Å². The van der Waals surface area contributed by atoms with Crippen LogP contribution in [-0.4, -0.2) is 43.3 Å². The third-order valence-corrected chi connectivity index (χ3v) is 6.92. The molecule has 4 nitrogen and oxygen atoms in total. The van der Waals surface area contributed by atoms with E-state index < -0.39 is 5.41 Å². The van der Waals surface area contributed by atoms with Crippen molar-refractivity contribution in [1.29, 1.82) is 0 Å². The van der Waals surface area contributed by atoms with Crippen molar-refractivity contribution in [3.05, 3.63) is 48.0 Å². The van der Waals surface area contributed by atoms with E-state index in [0.717, 1.165) is 32.2 Å². The summed E-state index contributed by atoms with van der Waals surface area (Å²) in [5.41, 5.74) is 0.746. The van der Waals surface area contributed by atoms with Gasteiger partial charge in [-0.3, -0.25) is 9.69 Å². The molecule has 0 aromatic heterocycles. The van der Waals surface area contributed by atoms with E-state index >= 15 is 0 Å². The maximum Gasteiger partial charge on any atom is 0.316 e. The van der Waals surface area contributed by atoms with Gasteiger partial charge in [0.1, 0.15) is 5.41 Å². The number of ether oxygens (including phenoxy) is 2. The van der Waals surface area contributed by atoms with Crippen LogP contribution >= 0.6 is 0 Å². The summed E-state index contributed by atoms with van der Waals surface area (Å²) in [7, 11) is 0. The molecule has 4 heteroatoms. The molecule has 0 radical (unpaired) electrons. The van der Waals surface area contributed by atoms with Crippen molar-refractivity contribution >= 4 is 5.97 Å². The van der Waals surface area contributed by atoms with Crippen LogP contribution < -0.4 is 0 Å². The zero-order valence-electron chi connectivity index (χ0n) is 16.5. The van der Waals surface area contributed by atoms with Gasteiger partial charge in [-0.25, -0.2) is 0 Å². The molecule has 1 aromatic carbocycles. The molecule has 2 bridgehead atoms. The number of benzene rings is 1. The summed E-state index contributed by atoms with van der Waals surface area (Å²) in [6, 6.07) is 10.9. The second kappa shape index (κ2) is 7.40. The van der Waals surface area contributed by atoms with Crippen LogP contribution in [0, 0.1) is 10.8 Å². The molecule has 4 atom stereocenters. The SMILES string of the molecule is CCOC(=O)[C@@]12CCC[C@@]3(CC=CCO[C@@H]31)CN([C@@H](C)c1ccccc1)C2. The van der Waals surface area contributed by atoms with E-state index in [-0.39, 0.29) is 23.5 Å². The number of piperidine rings is 1. The van der Waals surface area contributed by atoms with Crippen LogP contribution in [0.25, 0.3) is 0 Å². The van der Waals surface area contributed by atoms with Crippen LogP contribution in [0.4, 0.5) is 0 Å². The number of nitrogens with zero attached hydrogens (tertiary/aromatic N) is 1. The Kier molecular flexibility index (Phi) is 5.13. The minimum atomic E-state index is -0.554. The number of rotatable bonds is 4. The molecule has 1 aromatic rings. The lowest BCUT2D eigenvalue weighted by atomic mass is 9.55. The van der Waals surface area contributed by atoms with Crippen molar-refractivity contribution in [3.63, 3.8) is 0 Å². The molecule has 1 saturated carbocycles. The molecule has 3 aliphatic rings. The second-order valence-corrected chi connectivity index (χ2v) is 8.47. The monoisotopic (exact) mass is 369 g/mol. The van der Waals surface area contributed by atoms with Crippen molar-refractivity contribution in [2.24, 2.45) is 10.8 Å². The standard InChI is InChI=1S/C23H31NO3/c1-3-26-21(25)23-14-9-13-22(12-7-8-15-27-20(22)23)16-24(17-23)18(2)19-10-5-4-6-11-19/h4-8,10-11,18,20H,3,9,12-17H2,1-2H3/t18-,20-,22-,23+/m0/s1. The lowest BCUT2D eigenvalue weighted by Crippen LogP contribution is -2.68. The largest absolute Gasteiger partial charge is 0.465 e. The number of likely N-dealkylation sites (tertiary alicyclic amines) is 1. The summed E-state index contributed by atoms with van der Waals surface area (Å²) in [5, 5.41) is 0. The zero-order valence-corrected chi connectivity index (χ0v) is 16.5. The number of hydrogen-bond donors (Lipinski definition) is 0. The first-order chi connectivity index (χ1) is 13.1. The van der Waals surface area contributed by atoms with Crippen molar-refractivity contribution in [2.75, 3.05) is 26.3 Å². The summed E-state index contributed by atoms with van der Waals surface area (Å²) in [4.78, 5) is 15.8. The third kappa shape index (κ3) is 3.13. The quantitative estimate of drug-likeness (QED) is 0.591. The smallest absolute Gasteiger partial charge is 0.316 e. The van der Waals surface area contributed by atoms with E-state index in [4.69, 9.17) is 9.47 Å². The maximum atomic E-state index is 13.2. The van der Waals surface area contributed by atoms with E-state index in [0.29, 0.717) is 19.8 Å². The van der Waals surface area contributed by atoms with Gasteiger partial charge in [0.2, 0.25) is 0 Å². The highest BCUT2D eigenvalue weighted by Gasteiger charge is 2.63. The van der Waals surface area contributed by atoms with Crippen molar-refractivity contribution in [3.8, 4) is 0 Å². The zero-order chi connectivity index (χ0) is 18.9. The summed E-state index contributed by atoms with van der Waals surface area (Å²) < 4.78 is 12.0. The number of hydrogen-bond acceptors (Lipinski definition) is 4. The van der Waals surface area contributed by atoms with E-state index in [9.17, 15) is 4.79 Å². The Labute approximate surface area is 162 Å². The Morgan fingerprint density at radius 3 is 2.85 bits per heavy atom. The van der Waals surface area contributed by atoms with Crippen LogP contribution in [0.15, 0.2) is 42.5 Å². The lowest BCUT2D eigenvalue weighted by Gasteiger charge is -2.60. The lowest BCUT2D eigenvalue weighted by molar-refractivity contribution is -0.212. The van der Waals surface area contributed by atoms with Crippen molar-refractivity contribution in [2.45, 2.75) is 51.7 Å². The Morgan fingerprint density at radius 1 is 1.26 bits per heavy atom. The molecule has 146 valence electrons. The maximum absolute atomic E-state index is 13.2. The number of esters is 1. The average molecular weight is 370 g/mol. The molecular weight excluding hydrogens is 338 g/mol. The fourth-order valence-corrected chi connectivity index (χ4v) is 5.66. The Balaban J connectivity index is 1.73. The van der Waals surface area contributed by atoms with Crippen molar-refractivity contribution in [1.82, 2.24) is 4.90 Å². The predicted molar refractivity (Wildman–Crippen MR) is 105 cm³/mol. The fourth-order valence-electron chi connectivity index (χ4n) is 5.66. The fraction of sp³-hybridized carbons (Fsp3) is 0.609. The van der Waals surface area contributed by atoms with E-state index in [1.807, 2.05) is 6.92 Å². The van der Waals surface area contributed by atoms with Gasteiger partial charge >= 0.3 is 5.97 Å². The van der Waals surface area contributed by atoms with Gasteiger partial charge in [-0.05, 0) is 38.7 Å². The first-order valence-corrected chi connectivity index (χ1v) is 10.3. The Hall–Kier alpha value is -1.65. The molecule has 27 heavy (non-hydrogen) atoms. The van der Waals surface area contributed by atoms with E-state index in [2.05, 4.69) is 54.3 Å². The van der Waals surface area contributed by atoms with Crippen LogP contribution in [0.1, 0.15) is 51.1 Å². The molecule has 0 N–H and O–H groups in total. The van der Waals surface area contributed by atoms with E-state index in [1.165, 1.54) is 5.56 Å². The Morgan fingerprint density at radius 2 is 2.07 bits per heavy atom. The van der Waals surface area contributed by atoms with Gasteiger partial charge < -0.3 is 9.47 Å². The normalized spacial score (nSPS) is 34.4. The van der Waals surface area contributed by atoms with Gasteiger partial charge in [-0.1, -0.05) is 48.9 Å². The van der Waals surface area contributed by atoms with Gasteiger partial charge in [0.05, 0.1) is 19.3 Å². The van der Waals surface area contributed by atoms with Crippen LogP contribution in [0.5, 0.6) is 0 Å². The summed E-state index contributed by atoms with van der Waals surface area (Å²) >= 11 is 0. The molecule has 2 fully saturated rings. The van der Waals surface area contributed by atoms with Gasteiger partial charge in [0.15, 0.2) is 0 Å². The van der Waals surface area contributed by atoms with Crippen LogP contribution in [-0.2, 0) is 14.3 Å². The summed E-state index contributed by atoms with van der Waals surface area (Å²) in [6.45, 7) is 6.86. The summed E-state index contributed by atoms with van der Waals surface area (Å²) in [6.07, 6.45) is 8.35. The molecule has 0 unspecified atom stereocenters. The molecule has 0 spiro atoms. The second-order valence-electron chi connectivity index (χ2n) is 8.47. The van der Waals surface area contributed by atoms with Crippen molar-refractivity contribution < 1.29 is 14.3 Å². The number of allylic oxidation sites excluding steroid dienone is 1. The topological polar surface area (TPSA) is 38.8 Å². The minimum absolute atomic E-state index is 0.000693. The molecule has 0 amide bonds. The molecular formula is C23H31NO3. The minimum Gasteiger partial charge on any atom is -0.465 e. The highest BCUT2D eigenvalue weighted by molar-refractivity contribution is 5.79. The first-order valence-electron chi connectivity index (χ1n) is 10.3. The molecule has 2 aliphatic heterocycles. The predicted octanol–water partition coefficient (Wildman–Crippen LogP) is 4.13. The molecule has 1 saturated heterocycles. The Bertz CT molecular complexity index is 703. The van der Waals surface area contributed by atoms with E-state index in [1.54, 1.807) is 0 Å². The van der Waals surface area contributed by atoms with Gasteiger partial charge in [-0.15, -0.1) is 0 Å². The average Bonchev–Trinajstić information content (AvgIpc) is 2.91. The third-order valence-electron chi connectivity index (χ3n) is 6.92. The summed E-state index contributed by atoms with van der Waals surface area (Å²) in [5.74, 6) is -0.0639. The van der Waals surface area contributed by atoms with Gasteiger partial charge in [0, 0.05) is 24.5 Å². The van der Waals surface area contributed by atoms with Gasteiger partial charge in [-0.2, -0.15) is 0 Å². The molecule has 1 aliphatic carbocycles. The number of carbonyl (C=O) groups is 1. The highest BCUT2D eigenvalue weighted by Crippen LogP contribution is 2.56. The molecule has 4 rings (SSSR count). The van der Waals surface area contributed by atoms with Gasteiger partial charge in [0.25, 0.3) is 0 Å².